The van der Waals surface area contributed by atoms with Crippen LogP contribution < -0.4 is 5.32 Å². The zero-order valence-corrected chi connectivity index (χ0v) is 9.64. The molecule has 0 saturated heterocycles. The van der Waals surface area contributed by atoms with E-state index in [1.54, 1.807) is 12.1 Å². The lowest BCUT2D eigenvalue weighted by Crippen LogP contribution is -2.33. The number of rotatable bonds is 4. The van der Waals surface area contributed by atoms with Crippen LogP contribution in [0.3, 0.4) is 0 Å². The molecule has 0 radical (unpaired) electrons. The maximum atomic E-state index is 11.8. The molecule has 2 rings (SSSR count). The maximum Gasteiger partial charge on any atom is 0.335 e. The molecule has 0 aromatic heterocycles. The maximum absolute atomic E-state index is 11.8. The molecule has 1 aliphatic rings. The van der Waals surface area contributed by atoms with Crippen LogP contribution in [-0.4, -0.2) is 23.0 Å². The van der Waals surface area contributed by atoms with Gasteiger partial charge in [-0.3, -0.25) is 4.79 Å². The average molecular weight is 233 g/mol. The molecule has 1 unspecified atom stereocenters. The van der Waals surface area contributed by atoms with Gasteiger partial charge in [0.15, 0.2) is 0 Å². The molecule has 1 atom stereocenters. The van der Waals surface area contributed by atoms with Crippen LogP contribution in [0.25, 0.3) is 0 Å². The second-order valence-corrected chi connectivity index (χ2v) is 4.48. The fourth-order valence-electron chi connectivity index (χ4n) is 1.77. The third kappa shape index (κ3) is 2.84. The molecule has 0 aliphatic heterocycles. The van der Waals surface area contributed by atoms with Crippen molar-refractivity contribution >= 4 is 11.9 Å². The van der Waals surface area contributed by atoms with Crippen molar-refractivity contribution in [3.05, 3.63) is 35.4 Å². The van der Waals surface area contributed by atoms with E-state index in [0.29, 0.717) is 11.5 Å². The Balaban J connectivity index is 2.00. The topological polar surface area (TPSA) is 66.4 Å². The summed E-state index contributed by atoms with van der Waals surface area (Å²) in [6, 6.07) is 6.16. The Bertz CT molecular complexity index is 434. The molecule has 0 heterocycles. The first-order valence-electron chi connectivity index (χ1n) is 5.72. The van der Waals surface area contributed by atoms with Crippen molar-refractivity contribution in [1.82, 2.24) is 5.32 Å². The highest BCUT2D eigenvalue weighted by Crippen LogP contribution is 2.32. The molecule has 0 spiro atoms. The molecule has 1 aromatic rings. The van der Waals surface area contributed by atoms with E-state index < -0.39 is 5.97 Å². The number of carbonyl (C=O) groups is 2. The van der Waals surface area contributed by atoms with E-state index in [1.807, 2.05) is 6.92 Å². The van der Waals surface area contributed by atoms with Gasteiger partial charge in [-0.1, -0.05) is 0 Å². The fraction of sp³-hybridized carbons (Fsp3) is 0.385. The Hall–Kier alpha value is -1.84. The number of carboxylic acids is 1. The number of hydrogen-bond acceptors (Lipinski definition) is 2. The first kappa shape index (κ1) is 11.6. The lowest BCUT2D eigenvalue weighted by molar-refractivity contribution is 0.0696. The Kier molecular flexibility index (Phi) is 3.13. The standard InChI is InChI=1S/C13H15NO3/c1-8(9-2-3-9)14-12(15)10-4-6-11(7-5-10)13(16)17/h4-9H,2-3H2,1H3,(H,14,15)(H,16,17). The molecule has 4 nitrogen and oxygen atoms in total. The smallest absolute Gasteiger partial charge is 0.335 e. The molecule has 4 heteroatoms. The third-order valence-corrected chi connectivity index (χ3v) is 3.08. The summed E-state index contributed by atoms with van der Waals surface area (Å²) in [7, 11) is 0. The summed E-state index contributed by atoms with van der Waals surface area (Å²) in [6.45, 7) is 2.00. The van der Waals surface area contributed by atoms with Gasteiger partial charge < -0.3 is 10.4 Å². The number of carbonyl (C=O) groups excluding carboxylic acids is 1. The van der Waals surface area contributed by atoms with E-state index in [0.717, 1.165) is 0 Å². The summed E-state index contributed by atoms with van der Waals surface area (Å²) < 4.78 is 0. The minimum absolute atomic E-state index is 0.138. The number of nitrogens with one attached hydrogen (secondary N) is 1. The fourth-order valence-corrected chi connectivity index (χ4v) is 1.77. The van der Waals surface area contributed by atoms with Gasteiger partial charge in [0.05, 0.1) is 5.56 Å². The second kappa shape index (κ2) is 4.57. The summed E-state index contributed by atoms with van der Waals surface area (Å²) in [5, 5.41) is 11.7. The van der Waals surface area contributed by atoms with Crippen molar-refractivity contribution in [1.29, 1.82) is 0 Å². The zero-order valence-electron chi connectivity index (χ0n) is 9.64. The largest absolute Gasteiger partial charge is 0.478 e. The van der Waals surface area contributed by atoms with Crippen molar-refractivity contribution in [2.45, 2.75) is 25.8 Å². The third-order valence-electron chi connectivity index (χ3n) is 3.08. The Morgan fingerprint density at radius 2 is 1.76 bits per heavy atom. The van der Waals surface area contributed by atoms with Crippen LogP contribution in [-0.2, 0) is 0 Å². The number of benzene rings is 1. The lowest BCUT2D eigenvalue weighted by atomic mass is 10.1. The summed E-state index contributed by atoms with van der Waals surface area (Å²) in [5.41, 5.74) is 0.694. The van der Waals surface area contributed by atoms with Crippen molar-refractivity contribution in [3.8, 4) is 0 Å². The van der Waals surface area contributed by atoms with Crippen LogP contribution in [0.15, 0.2) is 24.3 Å². The predicted molar refractivity (Wildman–Crippen MR) is 63.1 cm³/mol. The normalized spacial score (nSPS) is 16.3. The van der Waals surface area contributed by atoms with Crippen LogP contribution >= 0.6 is 0 Å². The van der Waals surface area contributed by atoms with Crippen molar-refractivity contribution < 1.29 is 14.7 Å². The van der Waals surface area contributed by atoms with Gasteiger partial charge in [0.2, 0.25) is 0 Å². The van der Waals surface area contributed by atoms with E-state index >= 15 is 0 Å². The van der Waals surface area contributed by atoms with Gasteiger partial charge in [-0.15, -0.1) is 0 Å². The Labute approximate surface area is 99.6 Å². The van der Waals surface area contributed by atoms with Crippen molar-refractivity contribution in [3.63, 3.8) is 0 Å². The van der Waals surface area contributed by atoms with E-state index in [2.05, 4.69) is 5.32 Å². The summed E-state index contributed by atoms with van der Waals surface area (Å²) in [4.78, 5) is 22.5. The first-order chi connectivity index (χ1) is 8.08. The molecular weight excluding hydrogens is 218 g/mol. The number of amides is 1. The molecule has 17 heavy (non-hydrogen) atoms. The zero-order chi connectivity index (χ0) is 12.4. The molecular formula is C13H15NO3. The van der Waals surface area contributed by atoms with E-state index in [4.69, 9.17) is 5.11 Å². The average Bonchev–Trinajstić information content (AvgIpc) is 3.12. The quantitative estimate of drug-likeness (QED) is 0.834. The van der Waals surface area contributed by atoms with Gasteiger partial charge in [0, 0.05) is 11.6 Å². The van der Waals surface area contributed by atoms with Gasteiger partial charge in [-0.25, -0.2) is 4.79 Å². The predicted octanol–water partition coefficient (Wildman–Crippen LogP) is 1.91. The number of aromatic carboxylic acids is 1. The minimum Gasteiger partial charge on any atom is -0.478 e. The molecule has 1 amide bonds. The van der Waals surface area contributed by atoms with E-state index in [9.17, 15) is 9.59 Å². The summed E-state index contributed by atoms with van der Waals surface area (Å²) in [5.74, 6) is -0.512. The SMILES string of the molecule is CC(NC(=O)c1ccc(C(=O)O)cc1)C1CC1. The lowest BCUT2D eigenvalue weighted by Gasteiger charge is -2.12. The highest BCUT2D eigenvalue weighted by molar-refractivity contribution is 5.96. The van der Waals surface area contributed by atoms with Crippen LogP contribution in [0.1, 0.15) is 40.5 Å². The molecule has 0 bridgehead atoms. The van der Waals surface area contributed by atoms with Crippen molar-refractivity contribution in [2.75, 3.05) is 0 Å². The first-order valence-corrected chi connectivity index (χ1v) is 5.72. The van der Waals surface area contributed by atoms with Gasteiger partial charge in [0.25, 0.3) is 5.91 Å². The van der Waals surface area contributed by atoms with Gasteiger partial charge in [0.1, 0.15) is 0 Å². The number of carboxylic acid groups (broad SMARTS) is 1. The van der Waals surface area contributed by atoms with Gasteiger partial charge >= 0.3 is 5.97 Å². The second-order valence-electron chi connectivity index (χ2n) is 4.48. The molecule has 1 aromatic carbocycles. The molecule has 1 fully saturated rings. The van der Waals surface area contributed by atoms with Gasteiger partial charge in [-0.05, 0) is 49.9 Å². The van der Waals surface area contributed by atoms with Crippen LogP contribution in [0.5, 0.6) is 0 Å². The molecule has 2 N–H and O–H groups in total. The number of hydrogen-bond donors (Lipinski definition) is 2. The molecule has 1 saturated carbocycles. The van der Waals surface area contributed by atoms with Crippen LogP contribution in [0.4, 0.5) is 0 Å². The highest BCUT2D eigenvalue weighted by Gasteiger charge is 2.29. The van der Waals surface area contributed by atoms with Crippen LogP contribution in [0, 0.1) is 5.92 Å². The van der Waals surface area contributed by atoms with E-state index in [-0.39, 0.29) is 17.5 Å². The van der Waals surface area contributed by atoms with Gasteiger partial charge in [-0.2, -0.15) is 0 Å². The Morgan fingerprint density at radius 3 is 2.24 bits per heavy atom. The molecule has 1 aliphatic carbocycles. The molecule has 90 valence electrons. The summed E-state index contributed by atoms with van der Waals surface area (Å²) >= 11 is 0. The van der Waals surface area contributed by atoms with E-state index in [1.165, 1.54) is 25.0 Å². The summed E-state index contributed by atoms with van der Waals surface area (Å²) in [6.07, 6.45) is 2.36. The highest BCUT2D eigenvalue weighted by atomic mass is 16.4. The monoisotopic (exact) mass is 233 g/mol. The van der Waals surface area contributed by atoms with Crippen LogP contribution in [0.2, 0.25) is 0 Å². The Morgan fingerprint density at radius 1 is 1.24 bits per heavy atom. The minimum atomic E-state index is -0.983. The van der Waals surface area contributed by atoms with Crippen molar-refractivity contribution in [2.24, 2.45) is 5.92 Å².